The molecule has 722 valence electrons. The number of para-hydroxylation sites is 4. The maximum absolute atomic E-state index is 2.72. The molecule has 2 aliphatic carbocycles. The molecule has 23 rings (SSSR count). The van der Waals surface area contributed by atoms with E-state index >= 15 is 0 Å². The second kappa shape index (κ2) is 33.3. The van der Waals surface area contributed by atoms with Crippen LogP contribution < -0.4 is 60.8 Å². The van der Waals surface area contributed by atoms with Gasteiger partial charge in [-0.1, -0.05) is 344 Å². The van der Waals surface area contributed by atoms with Gasteiger partial charge in [-0.05, 0) is 331 Å². The molecule has 0 saturated carbocycles. The molecular weight excluding hydrogens is 1780 g/mol. The summed E-state index contributed by atoms with van der Waals surface area (Å²) in [6.45, 7) is 62.3. The van der Waals surface area contributed by atoms with Gasteiger partial charge in [-0.3, -0.25) is 0 Å². The second-order valence-electron chi connectivity index (χ2n) is 51.2. The minimum absolute atomic E-state index is 0.00951. The Labute approximate surface area is 866 Å². The average Bonchev–Trinajstić information content (AvgIpc) is 1.41. The molecule has 0 saturated heterocycles. The molecule has 17 aromatic rings. The molecule has 6 nitrogen and oxygen atoms in total. The summed E-state index contributed by atoms with van der Waals surface area (Å²) < 4.78 is 5.45. The summed E-state index contributed by atoms with van der Waals surface area (Å²) in [5.74, 6) is 0. The van der Waals surface area contributed by atoms with Gasteiger partial charge in [-0.25, -0.2) is 0 Å². The molecule has 0 fully saturated rings. The maximum Gasteiger partial charge on any atom is 0.264 e. The van der Waals surface area contributed by atoms with Gasteiger partial charge in [0.1, 0.15) is 0 Å². The van der Waals surface area contributed by atoms with E-state index in [1.54, 1.807) is 0 Å². The highest BCUT2D eigenvalue weighted by molar-refractivity contribution is 7.34. The fourth-order valence-electron chi connectivity index (χ4n) is 24.4. The van der Waals surface area contributed by atoms with Crippen molar-refractivity contribution in [1.29, 1.82) is 0 Å². The van der Waals surface area contributed by atoms with E-state index in [0.29, 0.717) is 0 Å². The third kappa shape index (κ3) is 15.8. The third-order valence-corrected chi connectivity index (χ3v) is 35.6. The lowest BCUT2D eigenvalue weighted by molar-refractivity contribution is 0.332. The van der Waals surface area contributed by atoms with Crippen molar-refractivity contribution in [2.75, 3.05) is 29.4 Å². The SMILES string of the molecule is CC(C)(C)c1ccc(N2c3cc(N(c4ccccc4)c4ccc(-c5ccc(-c6ccc7c(c6)B6c8sc9cc%10c(cc9c8N(c8ccc(C(C)(C)C)cc8)c8cc(N(c9ccccc9)c9ccccc9)cc(c86)N7c6ccccc6C(C)(C)C)C(C)(C)CCC%10(C)C)cc5)cc4)cc4c3B(c3ccc(C(C)(C)C)cc3N4c3cc(C(C)(C)C)cc(C(C)(C)C)c3)c3sc4cc5c(cc4c32)C(C)(C)CCC5(C)C)cc1. The summed E-state index contributed by atoms with van der Waals surface area (Å²) in [5, 5.41) is 2.65. The van der Waals surface area contributed by atoms with E-state index in [2.05, 4.69) is 525 Å². The first-order valence-electron chi connectivity index (χ1n) is 52.7. The van der Waals surface area contributed by atoms with Crippen molar-refractivity contribution in [3.05, 3.63) is 371 Å². The Bertz CT molecular complexity index is 7920. The first kappa shape index (κ1) is 94.7. The Balaban J connectivity index is 0.709. The zero-order valence-corrected chi connectivity index (χ0v) is 91.1. The van der Waals surface area contributed by atoms with Crippen LogP contribution in [0.2, 0.25) is 0 Å². The van der Waals surface area contributed by atoms with Crippen molar-refractivity contribution in [3.63, 3.8) is 0 Å². The van der Waals surface area contributed by atoms with Gasteiger partial charge in [-0.2, -0.15) is 0 Å². The van der Waals surface area contributed by atoms with Crippen LogP contribution in [0.15, 0.2) is 315 Å². The quantitative estimate of drug-likeness (QED) is 0.113. The van der Waals surface area contributed by atoms with E-state index in [0.717, 1.165) is 82.3 Å². The second-order valence-corrected chi connectivity index (χ2v) is 53.4. The number of nitrogens with zero attached hydrogens (tertiary/aromatic N) is 6. The molecule has 0 spiro atoms. The van der Waals surface area contributed by atoms with Gasteiger partial charge in [0.25, 0.3) is 13.4 Å². The first-order valence-corrected chi connectivity index (χ1v) is 54.3. The normalized spacial score (nSPS) is 15.9. The molecule has 15 aromatic carbocycles. The Morgan fingerprint density at radius 1 is 0.243 bits per heavy atom. The molecule has 0 unspecified atom stereocenters. The molecule has 0 atom stereocenters. The zero-order chi connectivity index (χ0) is 101. The third-order valence-electron chi connectivity index (χ3n) is 33.2. The van der Waals surface area contributed by atoms with Crippen molar-refractivity contribution in [2.45, 2.75) is 260 Å². The van der Waals surface area contributed by atoms with E-state index in [1.807, 2.05) is 22.7 Å². The van der Waals surface area contributed by atoms with Crippen LogP contribution in [-0.4, -0.2) is 13.4 Å². The molecule has 6 heterocycles. The minimum Gasteiger partial charge on any atom is -0.311 e. The fourth-order valence-corrected chi connectivity index (χ4v) is 27.1. The van der Waals surface area contributed by atoms with Crippen molar-refractivity contribution in [3.8, 4) is 22.3 Å². The smallest absolute Gasteiger partial charge is 0.264 e. The molecule has 0 N–H and O–H groups in total. The lowest BCUT2D eigenvalue weighted by Crippen LogP contribution is -2.60. The van der Waals surface area contributed by atoms with Crippen LogP contribution >= 0.6 is 22.7 Å². The Hall–Kier alpha value is -12.9. The predicted molar refractivity (Wildman–Crippen MR) is 628 cm³/mol. The zero-order valence-electron chi connectivity index (χ0n) is 89.5. The Kier molecular flexibility index (Phi) is 21.9. The molecule has 10 heteroatoms. The monoisotopic (exact) mass is 1920 g/mol. The minimum atomic E-state index is -0.216. The number of thiophene rings is 2. The first-order chi connectivity index (χ1) is 68.1. The summed E-state index contributed by atoms with van der Waals surface area (Å²) in [5.41, 5.74) is 43.8. The molecule has 2 aromatic heterocycles. The van der Waals surface area contributed by atoms with Crippen LogP contribution in [0.1, 0.15) is 261 Å². The molecule has 6 aliphatic rings. The van der Waals surface area contributed by atoms with E-state index < -0.39 is 0 Å². The Morgan fingerprint density at radius 2 is 0.590 bits per heavy atom. The topological polar surface area (TPSA) is 19.4 Å². The van der Waals surface area contributed by atoms with Crippen molar-refractivity contribution < 1.29 is 0 Å². The lowest BCUT2D eigenvalue weighted by Gasteiger charge is -2.45. The average molecular weight is 1920 g/mol. The molecule has 4 aliphatic heterocycles. The highest BCUT2D eigenvalue weighted by atomic mass is 32.1. The van der Waals surface area contributed by atoms with Crippen LogP contribution in [-0.2, 0) is 54.1 Å². The van der Waals surface area contributed by atoms with Crippen LogP contribution in [0.5, 0.6) is 0 Å². The van der Waals surface area contributed by atoms with Gasteiger partial charge in [0, 0.05) is 109 Å². The molecule has 144 heavy (non-hydrogen) atoms. The number of rotatable bonds is 12. The van der Waals surface area contributed by atoms with Crippen LogP contribution in [0.25, 0.3) is 42.4 Å². The molecule has 0 amide bonds. The largest absolute Gasteiger partial charge is 0.311 e. The summed E-state index contributed by atoms with van der Waals surface area (Å²) in [6.07, 6.45) is 4.55. The van der Waals surface area contributed by atoms with Gasteiger partial charge in [0.2, 0.25) is 0 Å². The number of fused-ring (bicyclic) bond motifs is 14. The standard InChI is InChI=1S/C134H138B2N6S2/c1-125(2,3)87-53-60-96(61-54-87)140-114-76-99(75-113-119(114)135(123-121(140)101-79-104-106(81-117(101)143-123)133(23,24)68-66-131(104,19)20)108-64-57-89(127(7,8)9)74-112(108)139(113)98-72-90(128(10,11)12)71-91(73-98)129(13,14)15)138(94-42-34-29-35-43-94)95-58-50-84(51-59-95)83-46-48-85(49-47-83)86-52-65-111-109(70-86)136-120-115(77-100(137(92-38-30-27-31-39-92)93-40-32-28-33-41-93)78-116(120)142(111)110-45-37-36-44-103(110)130(16,17)18)141(97-62-55-88(56-63-97)126(4,5)6)122-102-80-105-107(82-118(102)144-124(122)136)134(25,26)69-67-132(105,21)22/h27-65,70-82H,66-69H2,1-26H3. The van der Waals surface area contributed by atoms with Gasteiger partial charge in [-0.15, -0.1) is 22.7 Å². The number of anilines is 18. The van der Waals surface area contributed by atoms with Crippen molar-refractivity contribution in [1.82, 2.24) is 0 Å². The van der Waals surface area contributed by atoms with Crippen molar-refractivity contribution in [2.24, 2.45) is 0 Å². The Morgan fingerprint density at radius 3 is 1.00 bits per heavy atom. The van der Waals surface area contributed by atoms with E-state index in [9.17, 15) is 0 Å². The number of hydrogen-bond donors (Lipinski definition) is 0. The van der Waals surface area contributed by atoms with Gasteiger partial charge in [0.15, 0.2) is 0 Å². The van der Waals surface area contributed by atoms with Crippen LogP contribution in [0.3, 0.4) is 0 Å². The van der Waals surface area contributed by atoms with E-state index in [4.69, 9.17) is 0 Å². The summed E-state index contributed by atoms with van der Waals surface area (Å²) in [6, 6.07) is 124. The molecule has 0 bridgehead atoms. The van der Waals surface area contributed by atoms with Gasteiger partial charge in [0.05, 0.1) is 22.7 Å². The van der Waals surface area contributed by atoms with Gasteiger partial charge >= 0.3 is 0 Å². The highest BCUT2D eigenvalue weighted by Crippen LogP contribution is 2.60. The van der Waals surface area contributed by atoms with Crippen molar-refractivity contribution >= 4 is 190 Å². The lowest BCUT2D eigenvalue weighted by atomic mass is 9.36. The highest BCUT2D eigenvalue weighted by Gasteiger charge is 2.52. The van der Waals surface area contributed by atoms with E-state index in [-0.39, 0.29) is 67.6 Å². The van der Waals surface area contributed by atoms with E-state index in [1.165, 1.54) is 175 Å². The maximum atomic E-state index is 2.72. The predicted octanol–water partition coefficient (Wildman–Crippen LogP) is 35.0. The summed E-state index contributed by atoms with van der Waals surface area (Å²) >= 11 is 4.06. The number of hydrogen-bond acceptors (Lipinski definition) is 8. The molecule has 0 radical (unpaired) electrons. The summed E-state index contributed by atoms with van der Waals surface area (Å²) in [4.78, 5) is 15.8. The summed E-state index contributed by atoms with van der Waals surface area (Å²) in [7, 11) is 0. The van der Waals surface area contributed by atoms with Crippen LogP contribution in [0.4, 0.5) is 102 Å². The number of benzene rings is 15. The van der Waals surface area contributed by atoms with Crippen LogP contribution in [0, 0.1) is 0 Å². The fraction of sp³-hybridized carbons (Fsp3) is 0.299. The van der Waals surface area contributed by atoms with Gasteiger partial charge < -0.3 is 29.4 Å². The molecular formula is C134H138B2N6S2.